The predicted molar refractivity (Wildman–Crippen MR) is 83.4 cm³/mol. The van der Waals surface area contributed by atoms with Crippen LogP contribution in [0.1, 0.15) is 61.8 Å². The zero-order chi connectivity index (χ0) is 16.4. The summed E-state index contributed by atoms with van der Waals surface area (Å²) in [5, 5.41) is 2.47. The Hall–Kier alpha value is -1.06. The molecule has 0 aliphatic carbocycles. The molecule has 1 amide bonds. The van der Waals surface area contributed by atoms with Gasteiger partial charge in [-0.05, 0) is 17.3 Å². The summed E-state index contributed by atoms with van der Waals surface area (Å²) < 4.78 is 5.22. The van der Waals surface area contributed by atoms with E-state index < -0.39 is 0 Å². The summed E-state index contributed by atoms with van der Waals surface area (Å²) in [6.07, 6.45) is 1.39. The molecule has 0 rings (SSSR count). The second-order valence-electron chi connectivity index (χ2n) is 6.92. The van der Waals surface area contributed by atoms with E-state index in [1.165, 1.54) is 0 Å². The predicted octanol–water partition coefficient (Wildman–Crippen LogP) is 3.40. The second kappa shape index (κ2) is 9.78. The Morgan fingerprint density at radius 2 is 1.65 bits per heavy atom. The van der Waals surface area contributed by atoms with Crippen molar-refractivity contribution in [3.8, 4) is 0 Å². The third-order valence-corrected chi connectivity index (χ3v) is 2.72. The van der Waals surface area contributed by atoms with Crippen molar-refractivity contribution in [1.82, 2.24) is 5.32 Å². The van der Waals surface area contributed by atoms with Gasteiger partial charge in [0.05, 0.1) is 12.5 Å². The van der Waals surface area contributed by atoms with Gasteiger partial charge in [0.15, 0.2) is 0 Å². The quantitative estimate of drug-likeness (QED) is 0.463. The van der Waals surface area contributed by atoms with Crippen LogP contribution < -0.4 is 5.32 Å². The lowest BCUT2D eigenvalue weighted by molar-refractivity contribution is -0.153. The van der Waals surface area contributed by atoms with E-state index in [-0.39, 0.29) is 29.3 Å². The van der Waals surface area contributed by atoms with Crippen LogP contribution in [-0.2, 0) is 14.3 Å². The van der Waals surface area contributed by atoms with E-state index in [9.17, 15) is 9.59 Å². The first-order valence-corrected chi connectivity index (χ1v) is 7.41. The molecule has 4 nitrogen and oxygen atoms in total. The number of amides is 1. The van der Waals surface area contributed by atoms with E-state index in [1.54, 1.807) is 0 Å². The molecule has 1 unspecified atom stereocenters. The third-order valence-electron chi connectivity index (χ3n) is 2.72. The molecule has 0 saturated carbocycles. The second-order valence-corrected chi connectivity index (χ2v) is 6.92. The highest BCUT2D eigenvalue weighted by atomic mass is 16.5. The Kier molecular flexibility index (Phi) is 10.4. The van der Waals surface area contributed by atoms with E-state index in [4.69, 9.17) is 4.74 Å². The first-order valence-electron chi connectivity index (χ1n) is 7.41. The molecular weight excluding hydrogens is 254 g/mol. The number of rotatable bonds is 6. The molecule has 4 heteroatoms. The first-order chi connectivity index (χ1) is 9.08. The molecule has 0 aromatic heterocycles. The van der Waals surface area contributed by atoms with E-state index in [0.29, 0.717) is 13.0 Å². The third kappa shape index (κ3) is 10.8. The van der Waals surface area contributed by atoms with Gasteiger partial charge in [0.2, 0.25) is 6.41 Å². The molecular formula is C16H33NO3. The fraction of sp³-hybridized carbons (Fsp3) is 0.875. The zero-order valence-corrected chi connectivity index (χ0v) is 14.5. The number of carbonyl (C=O) groups is 2. The zero-order valence-electron chi connectivity index (χ0n) is 14.5. The van der Waals surface area contributed by atoms with E-state index in [0.717, 1.165) is 6.42 Å². The van der Waals surface area contributed by atoms with Gasteiger partial charge in [0, 0.05) is 0 Å². The largest absolute Gasteiger partial charge is 0.464 e. The summed E-state index contributed by atoms with van der Waals surface area (Å²) in [6, 6.07) is 0. The minimum atomic E-state index is -0.176. The lowest BCUT2D eigenvalue weighted by atomic mass is 9.72. The molecule has 0 saturated heterocycles. The minimum Gasteiger partial charge on any atom is -0.464 e. The van der Waals surface area contributed by atoms with Crippen LogP contribution in [0.15, 0.2) is 0 Å². The van der Waals surface area contributed by atoms with Gasteiger partial charge < -0.3 is 10.1 Å². The van der Waals surface area contributed by atoms with Gasteiger partial charge in [-0.15, -0.1) is 0 Å². The van der Waals surface area contributed by atoms with Crippen LogP contribution in [0, 0.1) is 16.7 Å². The number of esters is 1. The summed E-state index contributed by atoms with van der Waals surface area (Å²) in [4.78, 5) is 22.2. The van der Waals surface area contributed by atoms with Crippen molar-refractivity contribution in [2.75, 3.05) is 13.2 Å². The van der Waals surface area contributed by atoms with Gasteiger partial charge in [-0.3, -0.25) is 9.59 Å². The van der Waals surface area contributed by atoms with E-state index >= 15 is 0 Å². The normalized spacial score (nSPS) is 12.8. The summed E-state index contributed by atoms with van der Waals surface area (Å²) >= 11 is 0. The fourth-order valence-electron chi connectivity index (χ4n) is 1.73. The maximum absolute atomic E-state index is 12.1. The van der Waals surface area contributed by atoms with Crippen molar-refractivity contribution in [2.24, 2.45) is 16.7 Å². The average molecular weight is 287 g/mol. The van der Waals surface area contributed by atoms with Crippen molar-refractivity contribution >= 4 is 12.4 Å². The Morgan fingerprint density at radius 3 is 2.00 bits per heavy atom. The van der Waals surface area contributed by atoms with Crippen LogP contribution in [0.25, 0.3) is 0 Å². The van der Waals surface area contributed by atoms with Crippen molar-refractivity contribution in [3.63, 3.8) is 0 Å². The van der Waals surface area contributed by atoms with Gasteiger partial charge in [-0.1, -0.05) is 55.4 Å². The number of nitrogens with one attached hydrogen (secondary N) is 1. The summed E-state index contributed by atoms with van der Waals surface area (Å²) in [7, 11) is 0. The first kappa shape index (κ1) is 21.2. The molecule has 0 radical (unpaired) electrons. The average Bonchev–Trinajstić information content (AvgIpc) is 2.31. The maximum atomic E-state index is 12.1. The minimum absolute atomic E-state index is 0.0814. The van der Waals surface area contributed by atoms with E-state index in [1.807, 2.05) is 34.6 Å². The summed E-state index contributed by atoms with van der Waals surface area (Å²) in [5.74, 6) is -0.307. The molecule has 120 valence electrons. The van der Waals surface area contributed by atoms with Crippen molar-refractivity contribution in [2.45, 2.75) is 61.8 Å². The van der Waals surface area contributed by atoms with Crippen molar-refractivity contribution in [1.29, 1.82) is 0 Å². The Labute approximate surface area is 124 Å². The highest BCUT2D eigenvalue weighted by molar-refractivity contribution is 5.73. The standard InChI is InChI=1S/C14H27NO3.C2H6/c1-13(2,3)9-11(14(4,5)6)12(17)18-8-7-15-10-16;1-2/h10-11H,7-9H2,1-6H3,(H,15,16);1-2H3. The number of ether oxygens (including phenoxy) is 1. The molecule has 0 spiro atoms. The van der Waals surface area contributed by atoms with Crippen LogP contribution >= 0.6 is 0 Å². The molecule has 0 aromatic rings. The number of hydrogen-bond donors (Lipinski definition) is 1. The number of hydrogen-bond acceptors (Lipinski definition) is 3. The summed E-state index contributed by atoms with van der Waals surface area (Å²) in [6.45, 7) is 17.1. The van der Waals surface area contributed by atoms with Gasteiger partial charge in [0.25, 0.3) is 0 Å². The Bertz CT molecular complexity index is 274. The molecule has 1 atom stereocenters. The number of carbonyl (C=O) groups excluding carboxylic acids is 2. The monoisotopic (exact) mass is 287 g/mol. The molecule has 20 heavy (non-hydrogen) atoms. The van der Waals surface area contributed by atoms with Crippen molar-refractivity contribution in [3.05, 3.63) is 0 Å². The van der Waals surface area contributed by atoms with Gasteiger partial charge in [-0.25, -0.2) is 0 Å². The van der Waals surface area contributed by atoms with Crippen LogP contribution in [0.3, 0.4) is 0 Å². The van der Waals surface area contributed by atoms with Crippen LogP contribution in [0.4, 0.5) is 0 Å². The van der Waals surface area contributed by atoms with Gasteiger partial charge in [0.1, 0.15) is 6.61 Å². The highest BCUT2D eigenvalue weighted by Gasteiger charge is 2.35. The molecule has 0 fully saturated rings. The molecule has 0 aromatic carbocycles. The van der Waals surface area contributed by atoms with Crippen LogP contribution in [-0.4, -0.2) is 25.5 Å². The van der Waals surface area contributed by atoms with Crippen LogP contribution in [0.5, 0.6) is 0 Å². The molecule has 0 aliphatic rings. The Balaban J connectivity index is 0. The lowest BCUT2D eigenvalue weighted by Gasteiger charge is -2.33. The van der Waals surface area contributed by atoms with Gasteiger partial charge >= 0.3 is 5.97 Å². The van der Waals surface area contributed by atoms with Crippen LogP contribution in [0.2, 0.25) is 0 Å². The lowest BCUT2D eigenvalue weighted by Crippen LogP contribution is -2.34. The molecule has 0 heterocycles. The molecule has 0 bridgehead atoms. The molecule has 1 N–H and O–H groups in total. The Morgan fingerprint density at radius 1 is 1.15 bits per heavy atom. The molecule has 0 aliphatic heterocycles. The smallest absolute Gasteiger partial charge is 0.309 e. The van der Waals surface area contributed by atoms with E-state index in [2.05, 4.69) is 26.1 Å². The highest BCUT2D eigenvalue weighted by Crippen LogP contribution is 2.36. The van der Waals surface area contributed by atoms with Crippen molar-refractivity contribution < 1.29 is 14.3 Å². The maximum Gasteiger partial charge on any atom is 0.309 e. The summed E-state index contributed by atoms with van der Waals surface area (Å²) in [5.41, 5.74) is -0.0412. The SMILES string of the molecule is CC.CC(C)(C)CC(C(=O)OCCNC=O)C(C)(C)C. The van der Waals surface area contributed by atoms with Gasteiger partial charge in [-0.2, -0.15) is 0 Å². The topological polar surface area (TPSA) is 55.4 Å². The fourth-order valence-corrected chi connectivity index (χ4v) is 1.73.